The van der Waals surface area contributed by atoms with Gasteiger partial charge in [-0.3, -0.25) is 0 Å². The van der Waals surface area contributed by atoms with Crippen molar-refractivity contribution in [2.24, 2.45) is 0 Å². The Kier molecular flexibility index (Phi) is 4.56. The van der Waals surface area contributed by atoms with Gasteiger partial charge >= 0.3 is 0 Å². The highest BCUT2D eigenvalue weighted by Gasteiger charge is 1.87. The normalized spacial score (nSPS) is 9.00. The second-order valence-electron chi connectivity index (χ2n) is 2.65. The van der Waals surface area contributed by atoms with Crippen molar-refractivity contribution < 1.29 is 4.74 Å². The van der Waals surface area contributed by atoms with Gasteiger partial charge < -0.3 is 4.74 Å². The van der Waals surface area contributed by atoms with Crippen LogP contribution in [0.1, 0.15) is 6.92 Å². The summed E-state index contributed by atoms with van der Waals surface area (Å²) in [7, 11) is 1.56. The molecule has 0 saturated heterocycles. The maximum Gasteiger partial charge on any atom is 0.156 e. The monoisotopic (exact) mass is 224 g/mol. The van der Waals surface area contributed by atoms with E-state index in [4.69, 9.17) is 0 Å². The number of rotatable bonds is 0. The number of fused-ring (bicyclic) bond motifs is 1. The number of ether oxygens (including phenoxy) is 1. The Labute approximate surface area is 93.3 Å². The van der Waals surface area contributed by atoms with E-state index in [0.29, 0.717) is 5.05 Å². The van der Waals surface area contributed by atoms with E-state index in [2.05, 4.69) is 52.7 Å². The molecule has 0 N–H and O–H groups in total. The van der Waals surface area contributed by atoms with Gasteiger partial charge in [-0.15, -0.1) is 11.3 Å². The first-order valence-corrected chi connectivity index (χ1v) is 5.49. The Morgan fingerprint density at radius 2 is 1.93 bits per heavy atom. The lowest BCUT2D eigenvalue weighted by Gasteiger charge is -1.85. The molecule has 2 rings (SSSR count). The van der Waals surface area contributed by atoms with Gasteiger partial charge in [0.2, 0.25) is 0 Å². The van der Waals surface area contributed by atoms with Crippen LogP contribution < -0.4 is 0 Å². The van der Waals surface area contributed by atoms with Gasteiger partial charge in [0.25, 0.3) is 0 Å². The van der Waals surface area contributed by atoms with Gasteiger partial charge in [0.15, 0.2) is 5.05 Å². The molecule has 0 bridgehead atoms. The minimum atomic E-state index is 0.588. The summed E-state index contributed by atoms with van der Waals surface area (Å²) >= 11 is 6.26. The number of methoxy groups -OCH3 is 1. The highest BCUT2D eigenvalue weighted by atomic mass is 32.1. The van der Waals surface area contributed by atoms with E-state index < -0.39 is 0 Å². The van der Waals surface area contributed by atoms with Crippen molar-refractivity contribution in [3.8, 4) is 0 Å². The summed E-state index contributed by atoms with van der Waals surface area (Å²) < 4.78 is 5.85. The summed E-state index contributed by atoms with van der Waals surface area (Å²) in [6.45, 7) is 1.73. The average molecular weight is 224 g/mol. The second-order valence-corrected chi connectivity index (χ2v) is 4.18. The molecule has 0 aliphatic carbocycles. The van der Waals surface area contributed by atoms with Crippen molar-refractivity contribution in [1.29, 1.82) is 0 Å². The van der Waals surface area contributed by atoms with Crippen molar-refractivity contribution in [2.45, 2.75) is 6.92 Å². The van der Waals surface area contributed by atoms with Gasteiger partial charge in [0.05, 0.1) is 7.11 Å². The number of thiocarbonyl (C=S) groups is 1. The molecule has 0 amide bonds. The Morgan fingerprint density at radius 3 is 2.50 bits per heavy atom. The summed E-state index contributed by atoms with van der Waals surface area (Å²) in [5, 5.41) is 4.05. The molecule has 0 unspecified atom stereocenters. The Hall–Kier alpha value is -0.930. The summed E-state index contributed by atoms with van der Waals surface area (Å²) in [6.07, 6.45) is 0. The molecule has 2 aromatic rings. The molecular formula is C11H12OS2. The molecule has 74 valence electrons. The SMILES string of the molecule is COC(C)=S.c1ccc2sccc2c1. The number of benzene rings is 1. The van der Waals surface area contributed by atoms with Crippen LogP contribution in [0.3, 0.4) is 0 Å². The number of hydrogen-bond donors (Lipinski definition) is 0. The fraction of sp³-hybridized carbons (Fsp3) is 0.182. The minimum absolute atomic E-state index is 0.588. The van der Waals surface area contributed by atoms with Crippen molar-refractivity contribution in [3.05, 3.63) is 35.7 Å². The van der Waals surface area contributed by atoms with Crippen LogP contribution in [0.5, 0.6) is 0 Å². The summed E-state index contributed by atoms with van der Waals surface area (Å²) in [6, 6.07) is 10.5. The summed E-state index contributed by atoms with van der Waals surface area (Å²) in [4.78, 5) is 0. The largest absolute Gasteiger partial charge is 0.491 e. The summed E-state index contributed by atoms with van der Waals surface area (Å²) in [5.74, 6) is 0. The lowest BCUT2D eigenvalue weighted by Crippen LogP contribution is -1.84. The Balaban J connectivity index is 0.000000171. The Morgan fingerprint density at radius 1 is 1.29 bits per heavy atom. The lowest BCUT2D eigenvalue weighted by molar-refractivity contribution is 0.411. The third-order valence-corrected chi connectivity index (χ3v) is 2.71. The average Bonchev–Trinajstić information content (AvgIpc) is 2.66. The Bertz CT molecular complexity index is 376. The van der Waals surface area contributed by atoms with Gasteiger partial charge in [-0.25, -0.2) is 0 Å². The third kappa shape index (κ3) is 3.44. The smallest absolute Gasteiger partial charge is 0.156 e. The van der Waals surface area contributed by atoms with E-state index >= 15 is 0 Å². The van der Waals surface area contributed by atoms with Crippen molar-refractivity contribution in [3.63, 3.8) is 0 Å². The molecule has 0 aliphatic rings. The quantitative estimate of drug-likeness (QED) is 0.628. The molecule has 0 atom stereocenters. The van der Waals surface area contributed by atoms with Gasteiger partial charge in [0.1, 0.15) is 0 Å². The van der Waals surface area contributed by atoms with E-state index in [0.717, 1.165) is 0 Å². The van der Waals surface area contributed by atoms with Crippen LogP contribution in [0, 0.1) is 0 Å². The molecule has 1 aromatic carbocycles. The van der Waals surface area contributed by atoms with E-state index in [1.807, 2.05) is 0 Å². The van der Waals surface area contributed by atoms with Crippen LogP contribution in [0.15, 0.2) is 35.7 Å². The van der Waals surface area contributed by atoms with E-state index in [9.17, 15) is 0 Å². The highest BCUT2D eigenvalue weighted by Crippen LogP contribution is 2.18. The van der Waals surface area contributed by atoms with E-state index in [1.54, 1.807) is 25.4 Å². The first kappa shape index (κ1) is 11.1. The maximum absolute atomic E-state index is 4.48. The fourth-order valence-corrected chi connectivity index (χ4v) is 1.70. The van der Waals surface area contributed by atoms with Crippen molar-refractivity contribution >= 4 is 38.7 Å². The van der Waals surface area contributed by atoms with E-state index in [-0.39, 0.29) is 0 Å². The zero-order chi connectivity index (χ0) is 10.4. The second kappa shape index (κ2) is 5.73. The third-order valence-electron chi connectivity index (χ3n) is 1.65. The topological polar surface area (TPSA) is 9.23 Å². The highest BCUT2D eigenvalue weighted by molar-refractivity contribution is 7.80. The van der Waals surface area contributed by atoms with Crippen LogP contribution >= 0.6 is 23.6 Å². The molecular weight excluding hydrogens is 212 g/mol. The predicted octanol–water partition coefficient (Wildman–Crippen LogP) is 3.88. The van der Waals surface area contributed by atoms with E-state index in [1.165, 1.54) is 10.1 Å². The minimum Gasteiger partial charge on any atom is -0.491 e. The molecule has 14 heavy (non-hydrogen) atoms. The van der Waals surface area contributed by atoms with Crippen LogP contribution in [0.2, 0.25) is 0 Å². The number of thiophene rings is 1. The maximum atomic E-state index is 4.48. The molecule has 0 spiro atoms. The van der Waals surface area contributed by atoms with Crippen molar-refractivity contribution in [2.75, 3.05) is 7.11 Å². The fourth-order valence-electron chi connectivity index (χ4n) is 0.906. The van der Waals surface area contributed by atoms with Crippen LogP contribution in [-0.4, -0.2) is 12.2 Å². The van der Waals surface area contributed by atoms with Gasteiger partial charge in [-0.05, 0) is 35.1 Å². The first-order valence-electron chi connectivity index (χ1n) is 4.21. The molecule has 0 saturated carbocycles. The first-order chi connectivity index (χ1) is 6.74. The zero-order valence-electron chi connectivity index (χ0n) is 8.19. The molecule has 0 aliphatic heterocycles. The predicted molar refractivity (Wildman–Crippen MR) is 67.1 cm³/mol. The number of hydrogen-bond acceptors (Lipinski definition) is 3. The molecule has 1 aromatic heterocycles. The van der Waals surface area contributed by atoms with Gasteiger partial charge in [-0.2, -0.15) is 0 Å². The molecule has 0 radical (unpaired) electrons. The van der Waals surface area contributed by atoms with Crippen molar-refractivity contribution in [1.82, 2.24) is 0 Å². The standard InChI is InChI=1S/C8H6S.C3H6OS/c1-2-4-8-7(3-1)5-6-9-8;1-3(5)4-2/h1-6H;1-2H3. The lowest BCUT2D eigenvalue weighted by atomic mass is 10.3. The van der Waals surface area contributed by atoms with Gasteiger partial charge in [0, 0.05) is 11.6 Å². The molecule has 0 fully saturated rings. The van der Waals surface area contributed by atoms with Crippen LogP contribution in [-0.2, 0) is 4.74 Å². The summed E-state index contributed by atoms with van der Waals surface area (Å²) in [5.41, 5.74) is 0. The van der Waals surface area contributed by atoms with Crippen LogP contribution in [0.25, 0.3) is 10.1 Å². The zero-order valence-corrected chi connectivity index (χ0v) is 9.82. The molecule has 1 nitrogen and oxygen atoms in total. The van der Waals surface area contributed by atoms with Gasteiger partial charge in [-0.1, -0.05) is 18.2 Å². The van der Waals surface area contributed by atoms with Crippen LogP contribution in [0.4, 0.5) is 0 Å². The molecule has 1 heterocycles. The molecule has 3 heteroatoms.